The number of carbonyl (C=O) groups is 3. The number of halogens is 3. The van der Waals surface area contributed by atoms with Crippen molar-refractivity contribution >= 4 is 40.5 Å². The highest BCUT2D eigenvalue weighted by molar-refractivity contribution is 14.1. The molecule has 2 aliphatic carbocycles. The van der Waals surface area contributed by atoms with Gasteiger partial charge in [-0.05, 0) is 19.3 Å². The molecule has 6 nitrogen and oxygen atoms in total. The summed E-state index contributed by atoms with van der Waals surface area (Å²) in [6, 6.07) is 0. The van der Waals surface area contributed by atoms with Crippen LogP contribution in [-0.2, 0) is 23.9 Å². The summed E-state index contributed by atoms with van der Waals surface area (Å²) in [5.74, 6) is -9.67. The van der Waals surface area contributed by atoms with Gasteiger partial charge in [0.25, 0.3) is 0 Å². The van der Waals surface area contributed by atoms with E-state index in [2.05, 4.69) is 27.3 Å². The lowest BCUT2D eigenvalue weighted by atomic mass is 9.80. The summed E-state index contributed by atoms with van der Waals surface area (Å²) < 4.78 is 36.6. The Morgan fingerprint density at radius 1 is 1.45 bits per heavy atom. The highest BCUT2D eigenvalue weighted by Gasteiger charge is 2.68. The predicted octanol–water partition coefficient (Wildman–Crippen LogP) is 1.25. The zero-order valence-electron chi connectivity index (χ0n) is 11.4. The minimum Gasteiger partial charge on any atom is -0.477 e. The van der Waals surface area contributed by atoms with Gasteiger partial charge in [-0.25, -0.2) is 4.79 Å². The van der Waals surface area contributed by atoms with Gasteiger partial charge in [0, 0.05) is 5.92 Å². The van der Waals surface area contributed by atoms with Crippen molar-refractivity contribution in [1.29, 1.82) is 0 Å². The van der Waals surface area contributed by atoms with Crippen molar-refractivity contribution in [3.05, 3.63) is 0 Å². The van der Waals surface area contributed by atoms with Gasteiger partial charge in [0.15, 0.2) is 6.10 Å². The molecule has 7 atom stereocenters. The second kappa shape index (κ2) is 5.00. The standard InChI is InChI=1S/C13H13F2IO6/c1-3(13(14,15)12(19)20)21-10(17)6-4-2-5-7(6)11(18)22-9(5)8(4)16/h3-9H,2H2,1H3,(H,19,20). The van der Waals surface area contributed by atoms with Gasteiger partial charge in [0.2, 0.25) is 0 Å². The van der Waals surface area contributed by atoms with Crippen LogP contribution in [0.1, 0.15) is 13.3 Å². The molecular weight excluding hydrogens is 417 g/mol. The first-order valence-electron chi connectivity index (χ1n) is 6.82. The summed E-state index contributed by atoms with van der Waals surface area (Å²) in [6.07, 6.45) is -1.69. The molecule has 22 heavy (non-hydrogen) atoms. The number of rotatable bonds is 4. The third-order valence-corrected chi connectivity index (χ3v) is 6.52. The Kier molecular flexibility index (Phi) is 3.61. The number of aliphatic carboxylic acids is 1. The topological polar surface area (TPSA) is 89.9 Å². The van der Waals surface area contributed by atoms with E-state index in [4.69, 9.17) is 9.84 Å². The van der Waals surface area contributed by atoms with Crippen molar-refractivity contribution in [2.24, 2.45) is 23.7 Å². The van der Waals surface area contributed by atoms with Crippen LogP contribution in [-0.4, -0.2) is 45.1 Å². The molecule has 0 amide bonds. The maximum absolute atomic E-state index is 13.3. The molecule has 122 valence electrons. The van der Waals surface area contributed by atoms with Gasteiger partial charge in [-0.1, -0.05) is 22.6 Å². The molecule has 0 aromatic heterocycles. The maximum Gasteiger partial charge on any atom is 0.378 e. The van der Waals surface area contributed by atoms with Crippen LogP contribution in [0, 0.1) is 23.7 Å². The molecule has 1 heterocycles. The van der Waals surface area contributed by atoms with Crippen molar-refractivity contribution in [3.8, 4) is 0 Å². The highest BCUT2D eigenvalue weighted by atomic mass is 127. The maximum atomic E-state index is 13.3. The minimum absolute atomic E-state index is 0.0573. The number of carbonyl (C=O) groups excluding carboxylic acids is 2. The van der Waals surface area contributed by atoms with Crippen molar-refractivity contribution in [1.82, 2.24) is 0 Å². The van der Waals surface area contributed by atoms with Crippen LogP contribution in [0.15, 0.2) is 0 Å². The third-order valence-electron chi connectivity index (χ3n) is 4.88. The Morgan fingerprint density at radius 2 is 2.09 bits per heavy atom. The molecule has 9 heteroatoms. The summed E-state index contributed by atoms with van der Waals surface area (Å²) in [6.45, 7) is 0.830. The van der Waals surface area contributed by atoms with Crippen molar-refractivity contribution in [2.45, 2.75) is 35.4 Å². The number of esters is 2. The Hall–Kier alpha value is -1.00. The van der Waals surface area contributed by atoms with E-state index < -0.39 is 41.8 Å². The molecule has 1 aliphatic heterocycles. The van der Waals surface area contributed by atoms with E-state index in [1.165, 1.54) is 0 Å². The van der Waals surface area contributed by atoms with Crippen LogP contribution in [0.5, 0.6) is 0 Å². The first-order valence-corrected chi connectivity index (χ1v) is 8.07. The van der Waals surface area contributed by atoms with Crippen molar-refractivity contribution in [3.63, 3.8) is 0 Å². The van der Waals surface area contributed by atoms with Gasteiger partial charge < -0.3 is 14.6 Å². The van der Waals surface area contributed by atoms with Gasteiger partial charge in [0.1, 0.15) is 6.10 Å². The quantitative estimate of drug-likeness (QED) is 0.411. The average Bonchev–Trinajstić information content (AvgIpc) is 3.02. The van der Waals surface area contributed by atoms with E-state index in [1.807, 2.05) is 0 Å². The molecule has 3 fully saturated rings. The van der Waals surface area contributed by atoms with Gasteiger partial charge in [0.05, 0.1) is 15.8 Å². The highest BCUT2D eigenvalue weighted by Crippen LogP contribution is 2.60. The van der Waals surface area contributed by atoms with Gasteiger partial charge in [-0.15, -0.1) is 0 Å². The fourth-order valence-electron chi connectivity index (χ4n) is 3.80. The Morgan fingerprint density at radius 3 is 2.68 bits per heavy atom. The number of hydrogen-bond donors (Lipinski definition) is 1. The lowest BCUT2D eigenvalue weighted by molar-refractivity contribution is -0.194. The summed E-state index contributed by atoms with van der Waals surface area (Å²) in [5, 5.41) is 8.47. The molecule has 0 aromatic carbocycles. The van der Waals surface area contributed by atoms with Crippen molar-refractivity contribution < 1.29 is 37.7 Å². The van der Waals surface area contributed by atoms with E-state index in [9.17, 15) is 23.2 Å². The normalized spacial score (nSPS) is 40.5. The monoisotopic (exact) mass is 430 g/mol. The zero-order chi connectivity index (χ0) is 16.4. The lowest BCUT2D eigenvalue weighted by Crippen LogP contribution is -2.45. The largest absolute Gasteiger partial charge is 0.477 e. The molecule has 0 aromatic rings. The Bertz CT molecular complexity index is 553. The number of fused-ring (bicyclic) bond motifs is 1. The molecule has 1 N–H and O–H groups in total. The number of hydrogen-bond acceptors (Lipinski definition) is 5. The fourth-order valence-corrected chi connectivity index (χ4v) is 5.22. The molecule has 0 spiro atoms. The van der Waals surface area contributed by atoms with Gasteiger partial charge in [-0.3, -0.25) is 9.59 Å². The Balaban J connectivity index is 1.76. The fraction of sp³-hybridized carbons (Fsp3) is 0.769. The molecule has 7 unspecified atom stereocenters. The number of carboxylic acid groups (broad SMARTS) is 1. The van der Waals surface area contributed by atoms with Crippen LogP contribution in [0.3, 0.4) is 0 Å². The van der Waals surface area contributed by atoms with Crippen LogP contribution in [0.25, 0.3) is 0 Å². The van der Waals surface area contributed by atoms with Crippen molar-refractivity contribution in [2.75, 3.05) is 0 Å². The smallest absolute Gasteiger partial charge is 0.378 e. The van der Waals surface area contributed by atoms with Crippen LogP contribution < -0.4 is 0 Å². The third kappa shape index (κ3) is 2.04. The molecule has 2 bridgehead atoms. The first kappa shape index (κ1) is 15.9. The molecule has 2 saturated carbocycles. The minimum atomic E-state index is -4.17. The van der Waals surface area contributed by atoms with E-state index in [0.717, 1.165) is 6.92 Å². The molecule has 0 radical (unpaired) electrons. The summed E-state index contributed by atoms with van der Waals surface area (Å²) in [4.78, 5) is 34.6. The lowest BCUT2D eigenvalue weighted by Gasteiger charge is -2.29. The van der Waals surface area contributed by atoms with Crippen LogP contribution >= 0.6 is 22.6 Å². The van der Waals surface area contributed by atoms with Gasteiger partial charge >= 0.3 is 23.8 Å². The second-order valence-electron chi connectivity index (χ2n) is 5.97. The number of ether oxygens (including phenoxy) is 2. The van der Waals surface area contributed by atoms with E-state index >= 15 is 0 Å². The van der Waals surface area contributed by atoms with E-state index in [0.29, 0.717) is 6.42 Å². The summed E-state index contributed by atoms with van der Waals surface area (Å²) in [5.41, 5.74) is 0. The molecule has 3 aliphatic rings. The average molecular weight is 430 g/mol. The SMILES string of the molecule is CC(OC(=O)C1C2CC3C(OC(=O)C31)C2I)C(F)(F)C(=O)O. The predicted molar refractivity (Wildman–Crippen MR) is 74.4 cm³/mol. The zero-order valence-corrected chi connectivity index (χ0v) is 13.5. The first-order chi connectivity index (χ1) is 10.2. The van der Waals surface area contributed by atoms with E-state index in [-0.39, 0.29) is 21.9 Å². The van der Waals surface area contributed by atoms with Gasteiger partial charge in [-0.2, -0.15) is 8.78 Å². The molecule has 3 rings (SSSR count). The summed E-state index contributed by atoms with van der Waals surface area (Å²) >= 11 is 2.10. The van der Waals surface area contributed by atoms with E-state index in [1.54, 1.807) is 0 Å². The Labute approximate surface area is 137 Å². The molecular formula is C13H13F2IO6. The van der Waals surface area contributed by atoms with Crippen LogP contribution in [0.4, 0.5) is 8.78 Å². The molecule has 1 saturated heterocycles. The second-order valence-corrected chi connectivity index (χ2v) is 7.41. The number of alkyl halides is 3. The summed E-state index contributed by atoms with van der Waals surface area (Å²) in [7, 11) is 0. The van der Waals surface area contributed by atoms with Crippen LogP contribution in [0.2, 0.25) is 0 Å². The number of carboxylic acids is 1.